The summed E-state index contributed by atoms with van der Waals surface area (Å²) in [6, 6.07) is 4.28. The van der Waals surface area contributed by atoms with Crippen molar-refractivity contribution in [2.75, 3.05) is 6.54 Å². The number of hydrogen-bond acceptors (Lipinski definition) is 3. The lowest BCUT2D eigenvalue weighted by atomic mass is 10.2. The van der Waals surface area contributed by atoms with Crippen molar-refractivity contribution in [3.8, 4) is 0 Å². The molecule has 1 heterocycles. The van der Waals surface area contributed by atoms with Gasteiger partial charge >= 0.3 is 0 Å². The maximum Gasteiger partial charge on any atom is 0.217 e. The van der Waals surface area contributed by atoms with Gasteiger partial charge in [0.2, 0.25) is 5.91 Å². The van der Waals surface area contributed by atoms with Gasteiger partial charge in [0.25, 0.3) is 0 Å². The van der Waals surface area contributed by atoms with Crippen molar-refractivity contribution in [1.82, 2.24) is 5.32 Å². The van der Waals surface area contributed by atoms with E-state index in [0.717, 1.165) is 25.9 Å². The summed E-state index contributed by atoms with van der Waals surface area (Å²) in [6.45, 7) is 3.99. The molecule has 84 valence electrons. The van der Waals surface area contributed by atoms with Crippen molar-refractivity contribution in [2.45, 2.75) is 32.7 Å². The Morgan fingerprint density at radius 3 is 2.87 bits per heavy atom. The molecule has 0 radical (unpaired) electrons. The van der Waals surface area contributed by atoms with Gasteiger partial charge in [0.15, 0.2) is 0 Å². The molecule has 15 heavy (non-hydrogen) atoms. The van der Waals surface area contributed by atoms with Gasteiger partial charge < -0.3 is 11.1 Å². The summed E-state index contributed by atoms with van der Waals surface area (Å²) in [4.78, 5) is 13.2. The number of primary amides is 1. The van der Waals surface area contributed by atoms with Gasteiger partial charge in [-0.25, -0.2) is 0 Å². The van der Waals surface area contributed by atoms with Gasteiger partial charge in [-0.2, -0.15) is 0 Å². The van der Waals surface area contributed by atoms with Crippen molar-refractivity contribution in [3.63, 3.8) is 0 Å². The molecular weight excluding hydrogens is 208 g/mol. The minimum Gasteiger partial charge on any atom is -0.370 e. The quantitative estimate of drug-likeness (QED) is 0.697. The van der Waals surface area contributed by atoms with E-state index in [9.17, 15) is 4.79 Å². The van der Waals surface area contributed by atoms with Crippen LogP contribution in [0, 0.1) is 6.92 Å². The van der Waals surface area contributed by atoms with Crippen molar-refractivity contribution in [1.29, 1.82) is 0 Å². The molecule has 0 spiro atoms. The fraction of sp³-hybridized carbons (Fsp3) is 0.545. The largest absolute Gasteiger partial charge is 0.370 e. The minimum atomic E-state index is -0.205. The maximum absolute atomic E-state index is 10.5. The van der Waals surface area contributed by atoms with E-state index in [1.165, 1.54) is 9.75 Å². The third kappa shape index (κ3) is 5.54. The van der Waals surface area contributed by atoms with Crippen LogP contribution in [0.1, 0.15) is 29.0 Å². The first-order chi connectivity index (χ1) is 7.18. The van der Waals surface area contributed by atoms with Crippen molar-refractivity contribution in [2.24, 2.45) is 5.73 Å². The third-order valence-corrected chi connectivity index (χ3v) is 3.12. The third-order valence-electron chi connectivity index (χ3n) is 2.12. The number of carbonyl (C=O) groups excluding carboxylic acids is 1. The molecule has 1 aromatic heterocycles. The van der Waals surface area contributed by atoms with Crippen molar-refractivity contribution in [3.05, 3.63) is 21.9 Å². The topological polar surface area (TPSA) is 55.1 Å². The Balaban J connectivity index is 2.00. The fourth-order valence-corrected chi connectivity index (χ4v) is 2.20. The molecule has 1 amide bonds. The second-order valence-corrected chi connectivity index (χ2v) is 4.99. The lowest BCUT2D eigenvalue weighted by Crippen LogP contribution is -2.15. The van der Waals surface area contributed by atoms with Gasteiger partial charge in [0.05, 0.1) is 0 Å². The van der Waals surface area contributed by atoms with Gasteiger partial charge in [-0.05, 0) is 38.4 Å². The monoisotopic (exact) mass is 226 g/mol. The van der Waals surface area contributed by atoms with E-state index in [0.29, 0.717) is 6.42 Å². The molecule has 0 aliphatic heterocycles. The Morgan fingerprint density at radius 2 is 2.27 bits per heavy atom. The molecule has 4 heteroatoms. The highest BCUT2D eigenvalue weighted by Gasteiger charge is 1.97. The van der Waals surface area contributed by atoms with Crippen LogP contribution in [0.3, 0.4) is 0 Å². The van der Waals surface area contributed by atoms with Crippen LogP contribution in [0.15, 0.2) is 12.1 Å². The van der Waals surface area contributed by atoms with Gasteiger partial charge in [-0.15, -0.1) is 11.3 Å². The molecule has 3 N–H and O–H groups in total. The first kappa shape index (κ1) is 12.2. The van der Waals surface area contributed by atoms with E-state index in [2.05, 4.69) is 24.4 Å². The normalized spacial score (nSPS) is 10.5. The van der Waals surface area contributed by atoms with Crippen LogP contribution in [0.4, 0.5) is 0 Å². The van der Waals surface area contributed by atoms with E-state index >= 15 is 0 Å². The van der Waals surface area contributed by atoms with Crippen LogP contribution < -0.4 is 11.1 Å². The van der Waals surface area contributed by atoms with Gasteiger partial charge in [-0.3, -0.25) is 4.79 Å². The molecule has 0 aliphatic carbocycles. The van der Waals surface area contributed by atoms with Crippen LogP contribution in [0.2, 0.25) is 0 Å². The predicted octanol–water partition coefficient (Wildman–Crippen LogP) is 1.80. The summed E-state index contributed by atoms with van der Waals surface area (Å²) in [5.41, 5.74) is 5.04. The van der Waals surface area contributed by atoms with E-state index < -0.39 is 0 Å². The first-order valence-electron chi connectivity index (χ1n) is 5.23. The molecule has 0 bridgehead atoms. The van der Waals surface area contributed by atoms with Crippen LogP contribution >= 0.6 is 11.3 Å². The average molecular weight is 226 g/mol. The van der Waals surface area contributed by atoms with Crippen LogP contribution in [-0.4, -0.2) is 12.5 Å². The Bertz CT molecular complexity index is 309. The first-order valence-corrected chi connectivity index (χ1v) is 6.04. The summed E-state index contributed by atoms with van der Waals surface area (Å²) in [5.74, 6) is -0.205. The second kappa shape index (κ2) is 6.58. The summed E-state index contributed by atoms with van der Waals surface area (Å²) in [7, 11) is 0. The summed E-state index contributed by atoms with van der Waals surface area (Å²) >= 11 is 1.82. The summed E-state index contributed by atoms with van der Waals surface area (Å²) in [5, 5.41) is 3.35. The zero-order valence-corrected chi connectivity index (χ0v) is 9.90. The molecule has 0 aliphatic rings. The number of aryl methyl sites for hydroxylation is 1. The molecular formula is C11H18N2OS. The highest BCUT2D eigenvalue weighted by molar-refractivity contribution is 7.11. The lowest BCUT2D eigenvalue weighted by molar-refractivity contribution is -0.118. The minimum absolute atomic E-state index is 0.205. The van der Waals surface area contributed by atoms with Crippen LogP contribution in [0.5, 0.6) is 0 Å². The molecule has 0 saturated heterocycles. The molecule has 3 nitrogen and oxygen atoms in total. The highest BCUT2D eigenvalue weighted by atomic mass is 32.1. The average Bonchev–Trinajstić information content (AvgIpc) is 2.57. The van der Waals surface area contributed by atoms with E-state index in [-0.39, 0.29) is 5.91 Å². The van der Waals surface area contributed by atoms with Crippen molar-refractivity contribution >= 4 is 17.2 Å². The fourth-order valence-electron chi connectivity index (χ4n) is 1.34. The van der Waals surface area contributed by atoms with Gasteiger partial charge in [-0.1, -0.05) is 0 Å². The molecule has 0 unspecified atom stereocenters. The number of unbranched alkanes of at least 4 members (excludes halogenated alkanes) is 1. The van der Waals surface area contributed by atoms with Crippen molar-refractivity contribution < 1.29 is 4.79 Å². The molecule has 0 aromatic carbocycles. The number of thiophene rings is 1. The Morgan fingerprint density at radius 1 is 1.47 bits per heavy atom. The van der Waals surface area contributed by atoms with E-state index in [1.54, 1.807) is 0 Å². The van der Waals surface area contributed by atoms with E-state index in [4.69, 9.17) is 5.73 Å². The molecule has 1 aromatic rings. The number of carbonyl (C=O) groups is 1. The number of amides is 1. The maximum atomic E-state index is 10.5. The Hall–Kier alpha value is -0.870. The molecule has 1 rings (SSSR count). The second-order valence-electron chi connectivity index (χ2n) is 3.61. The molecule has 0 atom stereocenters. The number of rotatable bonds is 7. The highest BCUT2D eigenvalue weighted by Crippen LogP contribution is 2.14. The van der Waals surface area contributed by atoms with Gasteiger partial charge in [0.1, 0.15) is 0 Å². The van der Waals surface area contributed by atoms with Crippen LogP contribution in [-0.2, 0) is 11.3 Å². The number of hydrogen-bond donors (Lipinski definition) is 2. The van der Waals surface area contributed by atoms with Crippen LogP contribution in [0.25, 0.3) is 0 Å². The molecule has 0 fully saturated rings. The lowest BCUT2D eigenvalue weighted by Gasteiger charge is -2.01. The summed E-state index contributed by atoms with van der Waals surface area (Å²) in [6.07, 6.45) is 2.39. The Labute approximate surface area is 94.7 Å². The standard InChI is InChI=1S/C11H18N2OS/c1-9-5-6-10(15-9)8-13-7-3-2-4-11(12)14/h5-6,13H,2-4,7-8H2,1H3,(H2,12,14). The predicted molar refractivity (Wildman–Crippen MR) is 63.8 cm³/mol. The SMILES string of the molecule is Cc1ccc(CNCCCCC(N)=O)s1. The number of nitrogens with two attached hydrogens (primary N) is 1. The zero-order chi connectivity index (χ0) is 11.1. The Kier molecular flexibility index (Phi) is 5.36. The number of nitrogens with one attached hydrogen (secondary N) is 1. The smallest absolute Gasteiger partial charge is 0.217 e. The summed E-state index contributed by atoms with van der Waals surface area (Å²) < 4.78 is 0. The van der Waals surface area contributed by atoms with E-state index in [1.807, 2.05) is 11.3 Å². The molecule has 0 saturated carbocycles. The van der Waals surface area contributed by atoms with Gasteiger partial charge in [0, 0.05) is 22.7 Å². The zero-order valence-electron chi connectivity index (χ0n) is 9.08.